The summed E-state index contributed by atoms with van der Waals surface area (Å²) in [6, 6.07) is 11.8. The Morgan fingerprint density at radius 1 is 1.18 bits per heavy atom. The highest BCUT2D eigenvalue weighted by atomic mass is 35.5. The lowest BCUT2D eigenvalue weighted by Gasteiger charge is -2.11. The lowest BCUT2D eigenvalue weighted by atomic mass is 10.0. The highest BCUT2D eigenvalue weighted by Crippen LogP contribution is 2.56. The Morgan fingerprint density at radius 2 is 1.95 bits per heavy atom. The summed E-state index contributed by atoms with van der Waals surface area (Å²) < 4.78 is 0. The molecule has 4 rings (SSSR count). The Labute approximate surface area is 138 Å². The molecule has 1 saturated carbocycles. The van der Waals surface area contributed by atoms with Crippen LogP contribution in [-0.4, -0.2) is 11.9 Å². The number of hydrogen-bond acceptors (Lipinski definition) is 2. The van der Waals surface area contributed by atoms with Gasteiger partial charge in [-0.2, -0.15) is 0 Å². The van der Waals surface area contributed by atoms with Crippen molar-refractivity contribution in [3.05, 3.63) is 63.1 Å². The minimum atomic E-state index is -0.190. The van der Waals surface area contributed by atoms with Crippen molar-refractivity contribution in [2.45, 2.75) is 18.4 Å². The number of benzene rings is 2. The second kappa shape index (κ2) is 4.90. The molecule has 3 N–H and O–H groups in total. The van der Waals surface area contributed by atoms with E-state index in [0.717, 1.165) is 6.42 Å². The molecular formula is C17H14Cl2N2O. The number of halogens is 2. The summed E-state index contributed by atoms with van der Waals surface area (Å²) in [5.41, 5.74) is 9.16. The first-order valence-corrected chi connectivity index (χ1v) is 7.95. The smallest absolute Gasteiger partial charge is 0.253 e. The average molecular weight is 333 g/mol. The number of carbonyl (C=O) groups excluding carboxylic acids is 1. The fourth-order valence-electron chi connectivity index (χ4n) is 3.52. The summed E-state index contributed by atoms with van der Waals surface area (Å²) >= 11 is 12.0. The summed E-state index contributed by atoms with van der Waals surface area (Å²) in [6.45, 7) is 0. The fraction of sp³-hybridized carbons (Fsp3) is 0.235. The van der Waals surface area contributed by atoms with Crippen LogP contribution in [0.1, 0.15) is 27.4 Å². The minimum absolute atomic E-state index is 0.190. The fourth-order valence-corrected chi connectivity index (χ4v) is 3.98. The summed E-state index contributed by atoms with van der Waals surface area (Å²) in [6.07, 6.45) is 1.03. The molecule has 2 aromatic carbocycles. The number of nitrogens with two attached hydrogens (primary N) is 1. The van der Waals surface area contributed by atoms with Gasteiger partial charge in [-0.25, -0.2) is 0 Å². The minimum Gasteiger partial charge on any atom is -0.396 e. The van der Waals surface area contributed by atoms with Crippen LogP contribution in [0.5, 0.6) is 0 Å². The van der Waals surface area contributed by atoms with Crippen molar-refractivity contribution in [3.63, 3.8) is 0 Å². The Hall–Kier alpha value is -1.71. The molecule has 1 amide bonds. The Bertz CT molecular complexity index is 790. The molecule has 3 atom stereocenters. The molecule has 0 bridgehead atoms. The van der Waals surface area contributed by atoms with Crippen LogP contribution in [0.3, 0.4) is 0 Å². The molecule has 22 heavy (non-hydrogen) atoms. The van der Waals surface area contributed by atoms with Gasteiger partial charge in [0.05, 0.1) is 21.3 Å². The first-order chi connectivity index (χ1) is 10.6. The van der Waals surface area contributed by atoms with Crippen molar-refractivity contribution in [1.29, 1.82) is 0 Å². The normalized spacial score (nSPS) is 24.5. The van der Waals surface area contributed by atoms with Gasteiger partial charge in [0.15, 0.2) is 0 Å². The van der Waals surface area contributed by atoms with Gasteiger partial charge in [0.2, 0.25) is 0 Å². The molecule has 0 heterocycles. The van der Waals surface area contributed by atoms with E-state index in [1.165, 1.54) is 11.1 Å². The van der Waals surface area contributed by atoms with Crippen molar-refractivity contribution in [2.24, 2.45) is 5.92 Å². The third kappa shape index (κ3) is 2.00. The molecular weight excluding hydrogens is 319 g/mol. The quantitative estimate of drug-likeness (QED) is 0.825. The number of nitrogens with one attached hydrogen (secondary N) is 1. The highest BCUT2D eigenvalue weighted by Gasteiger charge is 2.56. The molecule has 0 aromatic heterocycles. The maximum absolute atomic E-state index is 12.4. The van der Waals surface area contributed by atoms with Gasteiger partial charge in [-0.05, 0) is 35.6 Å². The van der Waals surface area contributed by atoms with Crippen LogP contribution in [0, 0.1) is 5.92 Å². The third-order valence-electron chi connectivity index (χ3n) is 4.71. The van der Waals surface area contributed by atoms with Crippen molar-refractivity contribution in [2.75, 3.05) is 5.73 Å². The van der Waals surface area contributed by atoms with Crippen molar-refractivity contribution in [3.8, 4) is 0 Å². The number of fused-ring (bicyclic) bond motifs is 3. The molecule has 0 unspecified atom stereocenters. The van der Waals surface area contributed by atoms with Gasteiger partial charge in [-0.1, -0.05) is 47.5 Å². The highest BCUT2D eigenvalue weighted by molar-refractivity contribution is 6.40. The van der Waals surface area contributed by atoms with Crippen LogP contribution in [0.15, 0.2) is 36.4 Å². The second-order valence-electron chi connectivity index (χ2n) is 5.91. The van der Waals surface area contributed by atoms with Gasteiger partial charge in [0.25, 0.3) is 5.91 Å². The van der Waals surface area contributed by atoms with E-state index in [-0.39, 0.29) is 22.7 Å². The Balaban J connectivity index is 1.53. The predicted octanol–water partition coefficient (Wildman–Crippen LogP) is 3.64. The van der Waals surface area contributed by atoms with Gasteiger partial charge in [-0.15, -0.1) is 0 Å². The number of rotatable bonds is 2. The largest absolute Gasteiger partial charge is 0.396 e. The van der Waals surface area contributed by atoms with Crippen molar-refractivity contribution < 1.29 is 4.79 Å². The molecule has 0 saturated heterocycles. The number of anilines is 1. The van der Waals surface area contributed by atoms with Gasteiger partial charge in [-0.3, -0.25) is 4.79 Å². The molecule has 3 nitrogen and oxygen atoms in total. The van der Waals surface area contributed by atoms with Crippen LogP contribution >= 0.6 is 23.2 Å². The zero-order chi connectivity index (χ0) is 15.4. The van der Waals surface area contributed by atoms with E-state index in [1.54, 1.807) is 12.1 Å². The lowest BCUT2D eigenvalue weighted by molar-refractivity contribution is 0.0948. The van der Waals surface area contributed by atoms with E-state index in [4.69, 9.17) is 28.9 Å². The summed E-state index contributed by atoms with van der Waals surface area (Å²) in [4.78, 5) is 12.4. The standard InChI is InChI=1S/C17H14Cl2N2O/c18-12-6-5-10(14(19)15(12)20)17(22)21-16-11-7-8-3-1-2-4-9(8)13(11)16/h1-6,11,13,16H,7,20H2,(H,21,22)/t11-,13+,16-/m1/s1. The molecule has 0 spiro atoms. The zero-order valence-corrected chi connectivity index (χ0v) is 13.2. The Morgan fingerprint density at radius 3 is 2.77 bits per heavy atom. The van der Waals surface area contributed by atoms with Crippen LogP contribution in [-0.2, 0) is 6.42 Å². The first-order valence-electron chi connectivity index (χ1n) is 7.20. The third-order valence-corrected chi connectivity index (χ3v) is 5.44. The molecule has 112 valence electrons. The zero-order valence-electron chi connectivity index (χ0n) is 11.6. The van der Waals surface area contributed by atoms with Crippen molar-refractivity contribution in [1.82, 2.24) is 5.32 Å². The van der Waals surface area contributed by atoms with E-state index >= 15 is 0 Å². The van der Waals surface area contributed by atoms with Gasteiger partial charge < -0.3 is 11.1 Å². The monoisotopic (exact) mass is 332 g/mol. The van der Waals surface area contributed by atoms with Crippen LogP contribution in [0.2, 0.25) is 10.0 Å². The van der Waals surface area contributed by atoms with E-state index < -0.39 is 0 Å². The number of hydrogen-bond donors (Lipinski definition) is 2. The predicted molar refractivity (Wildman–Crippen MR) is 88.5 cm³/mol. The maximum atomic E-state index is 12.4. The summed E-state index contributed by atoms with van der Waals surface area (Å²) in [5.74, 6) is 0.749. The second-order valence-corrected chi connectivity index (χ2v) is 6.70. The van der Waals surface area contributed by atoms with Gasteiger partial charge >= 0.3 is 0 Å². The first kappa shape index (κ1) is 13.9. The Kier molecular flexibility index (Phi) is 3.10. The molecule has 0 radical (unpaired) electrons. The van der Waals surface area contributed by atoms with E-state index in [1.807, 2.05) is 0 Å². The molecule has 2 aliphatic rings. The van der Waals surface area contributed by atoms with Crippen LogP contribution in [0.25, 0.3) is 0 Å². The SMILES string of the molecule is Nc1c(Cl)ccc(C(=O)N[C@@H]2[C@@H]3Cc4ccccc4[C@@H]32)c1Cl. The van der Waals surface area contributed by atoms with Crippen LogP contribution < -0.4 is 11.1 Å². The van der Waals surface area contributed by atoms with Crippen LogP contribution in [0.4, 0.5) is 5.69 Å². The molecule has 1 fully saturated rings. The van der Waals surface area contributed by atoms with Crippen molar-refractivity contribution >= 4 is 34.8 Å². The number of carbonyl (C=O) groups is 1. The molecule has 0 aliphatic heterocycles. The summed E-state index contributed by atoms with van der Waals surface area (Å²) in [5, 5.41) is 3.66. The molecule has 2 aromatic rings. The molecule has 2 aliphatic carbocycles. The lowest BCUT2D eigenvalue weighted by Crippen LogP contribution is -2.29. The van der Waals surface area contributed by atoms with E-state index in [0.29, 0.717) is 22.4 Å². The average Bonchev–Trinajstić information content (AvgIpc) is 3.02. The molecule has 5 heteroatoms. The summed E-state index contributed by atoms with van der Waals surface area (Å²) in [7, 11) is 0. The van der Waals surface area contributed by atoms with Gasteiger partial charge in [0, 0.05) is 12.0 Å². The maximum Gasteiger partial charge on any atom is 0.253 e. The topological polar surface area (TPSA) is 55.1 Å². The number of nitrogen functional groups attached to an aromatic ring is 1. The number of amides is 1. The van der Waals surface area contributed by atoms with Gasteiger partial charge in [0.1, 0.15) is 0 Å². The van der Waals surface area contributed by atoms with E-state index in [2.05, 4.69) is 29.6 Å². The van der Waals surface area contributed by atoms with E-state index in [9.17, 15) is 4.79 Å².